The van der Waals surface area contributed by atoms with Crippen LogP contribution in [0.15, 0.2) is 12.4 Å². The van der Waals surface area contributed by atoms with Crippen molar-refractivity contribution < 1.29 is 9.53 Å². The molecule has 0 unspecified atom stereocenters. The molecule has 1 aliphatic carbocycles. The second-order valence-electron chi connectivity index (χ2n) is 5.75. The van der Waals surface area contributed by atoms with Crippen molar-refractivity contribution in [2.75, 3.05) is 25.5 Å². The maximum atomic E-state index is 12.3. The molecule has 108 valence electrons. The summed E-state index contributed by atoms with van der Waals surface area (Å²) < 4.78 is 5.02. The molecule has 1 N–H and O–H groups in total. The minimum Gasteiger partial charge on any atom is -0.481 e. The molecule has 2 aliphatic rings. The Kier molecular flexibility index (Phi) is 3.46. The molecule has 6 nitrogen and oxygen atoms in total. The summed E-state index contributed by atoms with van der Waals surface area (Å²) in [4.78, 5) is 22.1. The number of hydrogen-bond donors (Lipinski definition) is 1. The van der Waals surface area contributed by atoms with E-state index in [2.05, 4.69) is 15.3 Å². The van der Waals surface area contributed by atoms with Crippen LogP contribution in [0.25, 0.3) is 0 Å². The van der Waals surface area contributed by atoms with E-state index in [0.717, 1.165) is 19.5 Å². The van der Waals surface area contributed by atoms with Crippen molar-refractivity contribution in [3.8, 4) is 5.88 Å². The summed E-state index contributed by atoms with van der Waals surface area (Å²) in [7, 11) is 1.54. The van der Waals surface area contributed by atoms with Crippen molar-refractivity contribution in [1.82, 2.24) is 14.9 Å². The molecule has 6 heteroatoms. The fraction of sp³-hybridized carbons (Fsp3) is 0.643. The van der Waals surface area contributed by atoms with Crippen molar-refractivity contribution in [2.24, 2.45) is 5.41 Å². The predicted octanol–water partition coefficient (Wildman–Crippen LogP) is 2.28. The summed E-state index contributed by atoms with van der Waals surface area (Å²) in [5.74, 6) is 0.929. The number of amides is 2. The molecule has 0 aromatic carbocycles. The highest BCUT2D eigenvalue weighted by Gasteiger charge is 2.41. The summed E-state index contributed by atoms with van der Waals surface area (Å²) in [6.07, 6.45) is 7.65. The molecule has 1 aromatic rings. The van der Waals surface area contributed by atoms with Crippen LogP contribution in [0.1, 0.15) is 32.1 Å². The Labute approximate surface area is 118 Å². The molecule has 1 saturated carbocycles. The molecule has 2 heterocycles. The zero-order chi connectivity index (χ0) is 14.0. The van der Waals surface area contributed by atoms with Gasteiger partial charge in [-0.05, 0) is 24.7 Å². The number of methoxy groups -OCH3 is 1. The van der Waals surface area contributed by atoms with Crippen molar-refractivity contribution >= 4 is 11.8 Å². The topological polar surface area (TPSA) is 67.3 Å². The van der Waals surface area contributed by atoms with Gasteiger partial charge in [0.2, 0.25) is 5.88 Å². The van der Waals surface area contributed by atoms with E-state index in [1.54, 1.807) is 6.07 Å². The number of nitrogens with one attached hydrogen (secondary N) is 1. The van der Waals surface area contributed by atoms with E-state index < -0.39 is 0 Å². The van der Waals surface area contributed by atoms with Crippen LogP contribution >= 0.6 is 0 Å². The molecule has 0 radical (unpaired) electrons. The van der Waals surface area contributed by atoms with Crippen molar-refractivity contribution in [2.45, 2.75) is 32.1 Å². The molecule has 2 amide bonds. The third-order valence-electron chi connectivity index (χ3n) is 4.48. The van der Waals surface area contributed by atoms with Gasteiger partial charge < -0.3 is 9.64 Å². The zero-order valence-corrected chi connectivity index (χ0v) is 11.8. The monoisotopic (exact) mass is 276 g/mol. The summed E-state index contributed by atoms with van der Waals surface area (Å²) in [6, 6.07) is 1.55. The second kappa shape index (κ2) is 5.26. The van der Waals surface area contributed by atoms with Gasteiger partial charge in [0.25, 0.3) is 0 Å². The minimum absolute atomic E-state index is 0.0745. The van der Waals surface area contributed by atoms with Crippen LogP contribution in [0, 0.1) is 5.41 Å². The Balaban J connectivity index is 1.62. The van der Waals surface area contributed by atoms with E-state index in [4.69, 9.17) is 4.74 Å². The van der Waals surface area contributed by atoms with Crippen molar-refractivity contribution in [3.05, 3.63) is 12.4 Å². The SMILES string of the molecule is COc1cc(NC(=O)N2CCC3(CCCC3)C2)ncn1. The number of ether oxygens (including phenoxy) is 1. The Morgan fingerprint density at radius 1 is 1.35 bits per heavy atom. The first-order valence-electron chi connectivity index (χ1n) is 7.13. The first-order chi connectivity index (χ1) is 9.71. The number of nitrogens with zero attached hydrogens (tertiary/aromatic N) is 3. The fourth-order valence-corrected chi connectivity index (χ4v) is 3.35. The summed E-state index contributed by atoms with van der Waals surface area (Å²) in [6.45, 7) is 1.72. The van der Waals surface area contributed by atoms with Gasteiger partial charge in [-0.3, -0.25) is 5.32 Å². The van der Waals surface area contributed by atoms with Gasteiger partial charge in [0.15, 0.2) is 0 Å². The molecule has 1 spiro atoms. The van der Waals surface area contributed by atoms with E-state index in [-0.39, 0.29) is 6.03 Å². The van der Waals surface area contributed by atoms with Gasteiger partial charge in [-0.2, -0.15) is 0 Å². The van der Waals surface area contributed by atoms with Crippen LogP contribution < -0.4 is 10.1 Å². The number of aromatic nitrogens is 2. The van der Waals surface area contributed by atoms with E-state index >= 15 is 0 Å². The van der Waals surface area contributed by atoms with Crippen LogP contribution in [0.3, 0.4) is 0 Å². The number of anilines is 1. The standard InChI is InChI=1S/C14H20N4O2/c1-20-12-8-11(15-10-16-12)17-13(19)18-7-6-14(9-18)4-2-3-5-14/h8,10H,2-7,9H2,1H3,(H,15,16,17,19). The number of likely N-dealkylation sites (tertiary alicyclic amines) is 1. The van der Waals surface area contributed by atoms with Crippen molar-refractivity contribution in [3.63, 3.8) is 0 Å². The van der Waals surface area contributed by atoms with Gasteiger partial charge in [-0.15, -0.1) is 0 Å². The quantitative estimate of drug-likeness (QED) is 0.900. The number of rotatable bonds is 2. The maximum Gasteiger partial charge on any atom is 0.323 e. The molecule has 1 aliphatic heterocycles. The van der Waals surface area contributed by atoms with Gasteiger partial charge in [0, 0.05) is 19.2 Å². The first-order valence-corrected chi connectivity index (χ1v) is 7.13. The Bertz CT molecular complexity index is 500. The van der Waals surface area contributed by atoms with Gasteiger partial charge in [0.1, 0.15) is 12.1 Å². The molecular weight excluding hydrogens is 256 g/mol. The number of carbonyl (C=O) groups excluding carboxylic acids is 1. The van der Waals surface area contributed by atoms with Crippen LogP contribution in [0.5, 0.6) is 5.88 Å². The highest BCUT2D eigenvalue weighted by atomic mass is 16.5. The van der Waals surface area contributed by atoms with E-state index in [1.807, 2.05) is 4.90 Å². The van der Waals surface area contributed by atoms with Gasteiger partial charge in [0.05, 0.1) is 7.11 Å². The smallest absolute Gasteiger partial charge is 0.323 e. The van der Waals surface area contributed by atoms with E-state index in [9.17, 15) is 4.79 Å². The molecular formula is C14H20N4O2. The Morgan fingerprint density at radius 3 is 2.90 bits per heavy atom. The van der Waals surface area contributed by atoms with Crippen molar-refractivity contribution in [1.29, 1.82) is 0 Å². The van der Waals surface area contributed by atoms with Gasteiger partial charge >= 0.3 is 6.03 Å². The molecule has 20 heavy (non-hydrogen) atoms. The summed E-state index contributed by atoms with van der Waals surface area (Å²) >= 11 is 0. The lowest BCUT2D eigenvalue weighted by Crippen LogP contribution is -2.35. The summed E-state index contributed by atoms with van der Waals surface area (Å²) in [5, 5.41) is 2.82. The number of hydrogen-bond acceptors (Lipinski definition) is 4. The average molecular weight is 276 g/mol. The minimum atomic E-state index is -0.0745. The highest BCUT2D eigenvalue weighted by Crippen LogP contribution is 2.45. The van der Waals surface area contributed by atoms with E-state index in [1.165, 1.54) is 39.1 Å². The maximum absolute atomic E-state index is 12.3. The predicted molar refractivity (Wildman–Crippen MR) is 74.7 cm³/mol. The van der Waals surface area contributed by atoms with Crippen LogP contribution in [-0.2, 0) is 0 Å². The van der Waals surface area contributed by atoms with Gasteiger partial charge in [-0.1, -0.05) is 12.8 Å². The highest BCUT2D eigenvalue weighted by molar-refractivity contribution is 5.88. The lowest BCUT2D eigenvalue weighted by molar-refractivity contribution is 0.213. The Morgan fingerprint density at radius 2 is 2.15 bits per heavy atom. The average Bonchev–Trinajstić information content (AvgIpc) is 3.10. The third-order valence-corrected chi connectivity index (χ3v) is 4.48. The fourth-order valence-electron chi connectivity index (χ4n) is 3.35. The van der Waals surface area contributed by atoms with E-state index in [0.29, 0.717) is 17.1 Å². The zero-order valence-electron chi connectivity index (χ0n) is 11.8. The molecule has 0 atom stereocenters. The van der Waals surface area contributed by atoms with Gasteiger partial charge in [-0.25, -0.2) is 14.8 Å². The molecule has 1 saturated heterocycles. The normalized spacial score (nSPS) is 20.4. The second-order valence-corrected chi connectivity index (χ2v) is 5.75. The summed E-state index contributed by atoms with van der Waals surface area (Å²) in [5.41, 5.74) is 0.390. The van der Waals surface area contributed by atoms with Crippen LogP contribution in [0.4, 0.5) is 10.6 Å². The Hall–Kier alpha value is -1.85. The third kappa shape index (κ3) is 2.55. The molecule has 1 aromatic heterocycles. The number of urea groups is 1. The largest absolute Gasteiger partial charge is 0.481 e. The molecule has 3 rings (SSSR count). The lowest BCUT2D eigenvalue weighted by atomic mass is 9.86. The number of carbonyl (C=O) groups is 1. The van der Waals surface area contributed by atoms with Crippen LogP contribution in [-0.4, -0.2) is 41.1 Å². The molecule has 2 fully saturated rings. The first kappa shape index (κ1) is 13.1. The molecule has 0 bridgehead atoms. The van der Waals surface area contributed by atoms with Crippen LogP contribution in [0.2, 0.25) is 0 Å². The lowest BCUT2D eigenvalue weighted by Gasteiger charge is -2.23.